The zero-order chi connectivity index (χ0) is 19.6. The van der Waals surface area contributed by atoms with Crippen molar-refractivity contribution in [3.8, 4) is 0 Å². The highest BCUT2D eigenvalue weighted by Crippen LogP contribution is 2.36. The first-order valence-corrected chi connectivity index (χ1v) is 9.95. The third kappa shape index (κ3) is 5.76. The number of benzene rings is 2. The Hall–Kier alpha value is -2.02. The molecule has 142 valence electrons. The van der Waals surface area contributed by atoms with Crippen molar-refractivity contribution in [3.63, 3.8) is 0 Å². The minimum Gasteiger partial charge on any atom is -0.394 e. The van der Waals surface area contributed by atoms with E-state index in [9.17, 15) is 0 Å². The van der Waals surface area contributed by atoms with Crippen LogP contribution in [0.3, 0.4) is 0 Å². The molecule has 0 aliphatic rings. The minimum atomic E-state index is 0.0634. The molecule has 0 amide bonds. The Labute approximate surface area is 161 Å². The summed E-state index contributed by atoms with van der Waals surface area (Å²) >= 11 is 0. The molecule has 1 heteroatoms. The average Bonchev–Trinajstić information content (AvgIpc) is 2.68. The quantitative estimate of drug-likeness (QED) is 0.585. The molecule has 0 heterocycles. The van der Waals surface area contributed by atoms with Crippen LogP contribution >= 0.6 is 0 Å². The van der Waals surface area contributed by atoms with E-state index in [0.29, 0.717) is 11.8 Å². The summed E-state index contributed by atoms with van der Waals surface area (Å²) in [6.07, 6.45) is 5.35. The van der Waals surface area contributed by atoms with E-state index in [1.807, 2.05) is 27.1 Å². The lowest BCUT2D eigenvalue weighted by Crippen LogP contribution is -2.32. The summed E-state index contributed by atoms with van der Waals surface area (Å²) < 4.78 is 0. The highest BCUT2D eigenvalue weighted by atomic mass is 14.8. The largest absolute Gasteiger partial charge is 0.394 e. The van der Waals surface area contributed by atoms with Gasteiger partial charge < -0.3 is 5.32 Å². The highest BCUT2D eigenvalue weighted by Gasteiger charge is 2.31. The highest BCUT2D eigenvalue weighted by molar-refractivity contribution is 5.32. The molecule has 2 aromatic carbocycles. The molecule has 0 aliphatic carbocycles. The van der Waals surface area contributed by atoms with Crippen molar-refractivity contribution in [2.45, 2.75) is 59.3 Å². The molecule has 2 aromatic rings. The predicted octanol–water partition coefficient (Wildman–Crippen LogP) is 6.71. The Bertz CT molecular complexity index is 640. The van der Waals surface area contributed by atoms with Crippen LogP contribution in [0, 0.1) is 5.92 Å². The van der Waals surface area contributed by atoms with Crippen LogP contribution in [0.2, 0.25) is 0 Å². The Morgan fingerprint density at radius 1 is 0.923 bits per heavy atom. The topological polar surface area (TPSA) is 12.0 Å². The number of allylic oxidation sites excluding steroid dienone is 1. The Morgan fingerprint density at radius 2 is 1.50 bits per heavy atom. The van der Waals surface area contributed by atoms with E-state index < -0.39 is 0 Å². The van der Waals surface area contributed by atoms with E-state index in [2.05, 4.69) is 93.7 Å². The van der Waals surface area contributed by atoms with Crippen molar-refractivity contribution in [1.82, 2.24) is 5.32 Å². The molecule has 0 saturated carbocycles. The number of hydrogen-bond acceptors (Lipinski definition) is 1. The Morgan fingerprint density at radius 3 is 2.00 bits per heavy atom. The lowest BCUT2D eigenvalue weighted by Gasteiger charge is -2.35. The fourth-order valence-corrected chi connectivity index (χ4v) is 3.24. The second-order valence-corrected chi connectivity index (χ2v) is 7.29. The van der Waals surface area contributed by atoms with Crippen LogP contribution in [0.4, 0.5) is 0 Å². The maximum Gasteiger partial charge on any atom is 0.00276 e. The van der Waals surface area contributed by atoms with Crippen molar-refractivity contribution < 1.29 is 0 Å². The summed E-state index contributed by atoms with van der Waals surface area (Å²) in [6, 6.07) is 20.0. The fourth-order valence-electron chi connectivity index (χ4n) is 3.24. The zero-order valence-corrected chi connectivity index (χ0v) is 17.7. The molecule has 2 atom stereocenters. The fraction of sp³-hybridized carbons (Fsp3) is 0.440. The molecule has 0 aromatic heterocycles. The van der Waals surface area contributed by atoms with E-state index in [1.165, 1.54) is 16.7 Å². The molecular formula is C25H37N. The lowest BCUT2D eigenvalue weighted by molar-refractivity contribution is 0.366. The molecule has 0 aliphatic heterocycles. The van der Waals surface area contributed by atoms with Gasteiger partial charge in [-0.05, 0) is 41.1 Å². The molecule has 1 nitrogen and oxygen atoms in total. The normalized spacial score (nSPS) is 14.5. The summed E-state index contributed by atoms with van der Waals surface area (Å²) in [4.78, 5) is 0. The molecular weight excluding hydrogens is 314 g/mol. The molecule has 2 unspecified atom stereocenters. The van der Waals surface area contributed by atoms with Gasteiger partial charge in [-0.1, -0.05) is 102 Å². The third-order valence-corrected chi connectivity index (χ3v) is 5.21. The van der Waals surface area contributed by atoms with Crippen LogP contribution in [0.15, 0.2) is 66.9 Å². The van der Waals surface area contributed by atoms with E-state index in [-0.39, 0.29) is 5.41 Å². The van der Waals surface area contributed by atoms with Gasteiger partial charge in [0, 0.05) is 12.5 Å². The van der Waals surface area contributed by atoms with Gasteiger partial charge in [0.05, 0.1) is 0 Å². The lowest BCUT2D eigenvalue weighted by atomic mass is 9.68. The molecule has 0 spiro atoms. The number of hydrogen-bond donors (Lipinski definition) is 1. The van der Waals surface area contributed by atoms with Crippen LogP contribution in [-0.2, 0) is 11.8 Å². The second-order valence-electron chi connectivity index (χ2n) is 7.29. The first-order chi connectivity index (χ1) is 12.5. The van der Waals surface area contributed by atoms with Gasteiger partial charge in [-0.15, -0.1) is 0 Å². The van der Waals surface area contributed by atoms with Gasteiger partial charge in [-0.2, -0.15) is 0 Å². The van der Waals surface area contributed by atoms with Crippen LogP contribution in [0.1, 0.15) is 64.2 Å². The molecule has 0 radical (unpaired) electrons. The van der Waals surface area contributed by atoms with Crippen molar-refractivity contribution in [2.24, 2.45) is 5.92 Å². The van der Waals surface area contributed by atoms with Crippen molar-refractivity contribution in [2.75, 3.05) is 7.05 Å². The molecule has 0 saturated heterocycles. The van der Waals surface area contributed by atoms with Crippen LogP contribution in [0.5, 0.6) is 0 Å². The van der Waals surface area contributed by atoms with Crippen molar-refractivity contribution in [3.05, 3.63) is 83.6 Å². The van der Waals surface area contributed by atoms with E-state index in [4.69, 9.17) is 0 Å². The minimum absolute atomic E-state index is 0.0634. The van der Waals surface area contributed by atoms with Crippen LogP contribution in [0.25, 0.3) is 0 Å². The smallest absolute Gasteiger partial charge is 0.00276 e. The first-order valence-electron chi connectivity index (χ1n) is 9.95. The summed E-state index contributed by atoms with van der Waals surface area (Å²) in [5.41, 5.74) is 4.26. The van der Waals surface area contributed by atoms with Crippen molar-refractivity contribution >= 4 is 0 Å². The Balaban J connectivity index is 0.00000163. The molecule has 0 fully saturated rings. The Kier molecular flexibility index (Phi) is 9.19. The van der Waals surface area contributed by atoms with Crippen LogP contribution < -0.4 is 5.32 Å². The number of rotatable bonds is 7. The summed E-state index contributed by atoms with van der Waals surface area (Å²) in [5.74, 6) is 1.01. The van der Waals surface area contributed by atoms with Gasteiger partial charge in [0.25, 0.3) is 0 Å². The summed E-state index contributed by atoms with van der Waals surface area (Å²) in [7, 11) is 1.95. The van der Waals surface area contributed by atoms with Gasteiger partial charge in [0.15, 0.2) is 0 Å². The van der Waals surface area contributed by atoms with Gasteiger partial charge in [-0.25, -0.2) is 0 Å². The second kappa shape index (κ2) is 10.9. The van der Waals surface area contributed by atoms with Crippen LogP contribution in [-0.4, -0.2) is 7.05 Å². The van der Waals surface area contributed by atoms with E-state index in [0.717, 1.165) is 6.42 Å². The predicted molar refractivity (Wildman–Crippen MR) is 117 cm³/mol. The average molecular weight is 352 g/mol. The third-order valence-electron chi connectivity index (χ3n) is 5.21. The standard InChI is InChI=1S/C23H31N.C2H6/c1-18(2)21-13-11-20(12-14-21)17-23(4,19(3)15-16-24-5)22-9-7-6-8-10-22;1-2/h6-16,18-19,24H,17H2,1-5H3;1-2H3/b16-15+;. The van der Waals surface area contributed by atoms with Crippen molar-refractivity contribution in [1.29, 1.82) is 0 Å². The first kappa shape index (κ1) is 22.0. The maximum absolute atomic E-state index is 3.13. The maximum atomic E-state index is 3.13. The van der Waals surface area contributed by atoms with E-state index in [1.54, 1.807) is 0 Å². The number of nitrogens with one attached hydrogen (secondary N) is 1. The molecule has 0 bridgehead atoms. The summed E-state index contributed by atoms with van der Waals surface area (Å²) in [5, 5.41) is 3.13. The van der Waals surface area contributed by atoms with Gasteiger partial charge in [-0.3, -0.25) is 0 Å². The zero-order valence-electron chi connectivity index (χ0n) is 17.7. The van der Waals surface area contributed by atoms with E-state index >= 15 is 0 Å². The molecule has 1 N–H and O–H groups in total. The van der Waals surface area contributed by atoms with Gasteiger partial charge in [0.1, 0.15) is 0 Å². The van der Waals surface area contributed by atoms with Gasteiger partial charge >= 0.3 is 0 Å². The molecule has 2 rings (SSSR count). The monoisotopic (exact) mass is 351 g/mol. The SMILES string of the molecule is CC.CN/C=C/C(C)C(C)(Cc1ccc(C(C)C)cc1)c1ccccc1. The molecule has 26 heavy (non-hydrogen) atoms. The van der Waals surface area contributed by atoms with Gasteiger partial charge in [0.2, 0.25) is 0 Å². The summed E-state index contributed by atoms with van der Waals surface area (Å²) in [6.45, 7) is 13.2.